The van der Waals surface area contributed by atoms with Crippen molar-refractivity contribution in [3.63, 3.8) is 0 Å². The second-order valence-corrected chi connectivity index (χ2v) is 5.96. The van der Waals surface area contributed by atoms with Crippen LogP contribution in [0, 0.1) is 6.92 Å². The molecule has 0 unspecified atom stereocenters. The molecule has 0 radical (unpaired) electrons. The van der Waals surface area contributed by atoms with Crippen LogP contribution in [0.15, 0.2) is 36.4 Å². The monoisotopic (exact) mass is 331 g/mol. The maximum Gasteiger partial charge on any atom is 0.228 e. The van der Waals surface area contributed by atoms with Crippen molar-refractivity contribution in [1.82, 2.24) is 0 Å². The lowest BCUT2D eigenvalue weighted by Gasteiger charge is -2.12. The Bertz CT molecular complexity index is 730. The number of rotatable bonds is 3. The first kappa shape index (κ1) is 15.7. The van der Waals surface area contributed by atoms with Crippen LogP contribution in [0.3, 0.4) is 0 Å². The molecule has 1 amide bonds. The summed E-state index contributed by atoms with van der Waals surface area (Å²) < 4.78 is 11.2. The molecule has 0 aliphatic carbocycles. The third-order valence-electron chi connectivity index (χ3n) is 3.53. The average Bonchev–Trinajstić information content (AvgIpc) is 2.72. The van der Waals surface area contributed by atoms with Crippen molar-refractivity contribution < 1.29 is 14.3 Å². The van der Waals surface area contributed by atoms with E-state index in [0.717, 1.165) is 23.2 Å². The highest BCUT2D eigenvalue weighted by atomic mass is 35.5. The Labute approximate surface area is 140 Å². The lowest BCUT2D eigenvalue weighted by atomic mass is 10.1. The zero-order valence-corrected chi connectivity index (χ0v) is 13.7. The minimum atomic E-state index is -0.0962. The SMILES string of the molecule is Cc1cccc(NC(=O)Cc2cc(Cl)c3c(c2)OCCCO3)c1. The third-order valence-corrected chi connectivity index (χ3v) is 3.81. The van der Waals surface area contributed by atoms with Gasteiger partial charge in [-0.15, -0.1) is 0 Å². The summed E-state index contributed by atoms with van der Waals surface area (Å²) >= 11 is 6.25. The first-order chi connectivity index (χ1) is 11.1. The van der Waals surface area contributed by atoms with E-state index in [-0.39, 0.29) is 12.3 Å². The Morgan fingerprint density at radius 2 is 2.04 bits per heavy atom. The number of hydrogen-bond acceptors (Lipinski definition) is 3. The molecular weight excluding hydrogens is 314 g/mol. The predicted molar refractivity (Wildman–Crippen MR) is 90.6 cm³/mol. The van der Waals surface area contributed by atoms with Crippen molar-refractivity contribution >= 4 is 23.2 Å². The van der Waals surface area contributed by atoms with Gasteiger partial charge >= 0.3 is 0 Å². The van der Waals surface area contributed by atoms with Gasteiger partial charge in [-0.2, -0.15) is 0 Å². The number of anilines is 1. The predicted octanol–water partition coefficient (Wildman–Crippen LogP) is 3.99. The number of hydrogen-bond donors (Lipinski definition) is 1. The number of amides is 1. The van der Waals surface area contributed by atoms with Crippen LogP contribution >= 0.6 is 11.6 Å². The van der Waals surface area contributed by atoms with Crippen molar-refractivity contribution in [2.24, 2.45) is 0 Å². The lowest BCUT2D eigenvalue weighted by molar-refractivity contribution is -0.115. The molecule has 0 saturated heterocycles. The molecule has 23 heavy (non-hydrogen) atoms. The Hall–Kier alpha value is -2.20. The molecule has 1 N–H and O–H groups in total. The molecule has 0 atom stereocenters. The van der Waals surface area contributed by atoms with Crippen LogP contribution in [0.25, 0.3) is 0 Å². The van der Waals surface area contributed by atoms with Gasteiger partial charge in [-0.1, -0.05) is 23.7 Å². The van der Waals surface area contributed by atoms with Gasteiger partial charge in [0, 0.05) is 12.1 Å². The van der Waals surface area contributed by atoms with Gasteiger partial charge in [0.25, 0.3) is 0 Å². The number of halogens is 1. The molecule has 5 heteroatoms. The van der Waals surface area contributed by atoms with Gasteiger partial charge in [-0.3, -0.25) is 4.79 Å². The summed E-state index contributed by atoms with van der Waals surface area (Å²) in [5.41, 5.74) is 2.68. The molecule has 0 fully saturated rings. The summed E-state index contributed by atoms with van der Waals surface area (Å²) in [6.07, 6.45) is 1.04. The Morgan fingerprint density at radius 3 is 2.87 bits per heavy atom. The van der Waals surface area contributed by atoms with E-state index < -0.39 is 0 Å². The molecular formula is C18H18ClNO3. The Kier molecular flexibility index (Phi) is 4.72. The number of carbonyl (C=O) groups excluding carboxylic acids is 1. The van der Waals surface area contributed by atoms with Gasteiger partial charge in [0.05, 0.1) is 24.7 Å². The Balaban J connectivity index is 1.73. The maximum atomic E-state index is 12.2. The second kappa shape index (κ2) is 6.92. The van der Waals surface area contributed by atoms with Crippen molar-refractivity contribution in [3.8, 4) is 11.5 Å². The van der Waals surface area contributed by atoms with Gasteiger partial charge in [-0.25, -0.2) is 0 Å². The molecule has 2 aromatic rings. The zero-order chi connectivity index (χ0) is 16.2. The fourth-order valence-corrected chi connectivity index (χ4v) is 2.79. The van der Waals surface area contributed by atoms with Gasteiger partial charge in [0.15, 0.2) is 11.5 Å². The summed E-state index contributed by atoms with van der Waals surface area (Å²) in [4.78, 5) is 12.2. The van der Waals surface area contributed by atoms with Gasteiger partial charge in [0.2, 0.25) is 5.91 Å². The quantitative estimate of drug-likeness (QED) is 0.925. The fraction of sp³-hybridized carbons (Fsp3) is 0.278. The minimum Gasteiger partial charge on any atom is -0.489 e. The van der Waals surface area contributed by atoms with Crippen molar-refractivity contribution in [1.29, 1.82) is 0 Å². The average molecular weight is 332 g/mol. The molecule has 4 nitrogen and oxygen atoms in total. The largest absolute Gasteiger partial charge is 0.489 e. The van der Waals surface area contributed by atoms with Crippen LogP contribution in [-0.2, 0) is 11.2 Å². The summed E-state index contributed by atoms with van der Waals surface area (Å²) in [6, 6.07) is 11.3. The zero-order valence-electron chi connectivity index (χ0n) is 12.9. The van der Waals surface area contributed by atoms with Crippen molar-refractivity contribution in [2.45, 2.75) is 19.8 Å². The minimum absolute atomic E-state index is 0.0962. The Morgan fingerprint density at radius 1 is 1.22 bits per heavy atom. The molecule has 3 rings (SSSR count). The molecule has 0 spiro atoms. The van der Waals surface area contributed by atoms with Crippen LogP contribution in [0.5, 0.6) is 11.5 Å². The van der Waals surface area contributed by atoms with E-state index in [0.29, 0.717) is 29.7 Å². The molecule has 0 aromatic heterocycles. The molecule has 1 heterocycles. The van der Waals surface area contributed by atoms with Crippen molar-refractivity contribution in [3.05, 3.63) is 52.5 Å². The van der Waals surface area contributed by atoms with E-state index in [1.807, 2.05) is 37.3 Å². The maximum absolute atomic E-state index is 12.2. The third kappa shape index (κ3) is 3.96. The molecule has 2 aromatic carbocycles. The van der Waals surface area contributed by atoms with Crippen LogP contribution < -0.4 is 14.8 Å². The number of ether oxygens (including phenoxy) is 2. The highest BCUT2D eigenvalue weighted by Crippen LogP contribution is 2.38. The van der Waals surface area contributed by atoms with E-state index >= 15 is 0 Å². The normalized spacial score (nSPS) is 13.3. The van der Waals surface area contributed by atoms with Crippen LogP contribution in [-0.4, -0.2) is 19.1 Å². The van der Waals surface area contributed by atoms with Crippen LogP contribution in [0.2, 0.25) is 5.02 Å². The van der Waals surface area contributed by atoms with Gasteiger partial charge in [0.1, 0.15) is 0 Å². The number of carbonyl (C=O) groups is 1. The molecule has 1 aliphatic rings. The van der Waals surface area contributed by atoms with E-state index in [9.17, 15) is 4.79 Å². The molecule has 120 valence electrons. The summed E-state index contributed by atoms with van der Waals surface area (Å²) in [5, 5.41) is 3.36. The summed E-state index contributed by atoms with van der Waals surface area (Å²) in [5.74, 6) is 1.07. The topological polar surface area (TPSA) is 47.6 Å². The number of fused-ring (bicyclic) bond motifs is 1. The highest BCUT2D eigenvalue weighted by Gasteiger charge is 2.16. The molecule has 0 saturated carbocycles. The fourth-order valence-electron chi connectivity index (χ4n) is 2.50. The second-order valence-electron chi connectivity index (χ2n) is 5.55. The van der Waals surface area contributed by atoms with E-state index in [4.69, 9.17) is 21.1 Å². The number of aryl methyl sites for hydroxylation is 1. The highest BCUT2D eigenvalue weighted by molar-refractivity contribution is 6.32. The van der Waals surface area contributed by atoms with E-state index in [1.54, 1.807) is 6.07 Å². The number of nitrogens with one attached hydrogen (secondary N) is 1. The number of benzene rings is 2. The van der Waals surface area contributed by atoms with Gasteiger partial charge in [-0.05, 0) is 42.3 Å². The summed E-state index contributed by atoms with van der Waals surface area (Å²) in [7, 11) is 0. The summed E-state index contributed by atoms with van der Waals surface area (Å²) in [6.45, 7) is 3.15. The molecule has 0 bridgehead atoms. The lowest BCUT2D eigenvalue weighted by Crippen LogP contribution is -2.14. The molecule has 1 aliphatic heterocycles. The van der Waals surface area contributed by atoms with E-state index in [2.05, 4.69) is 5.32 Å². The van der Waals surface area contributed by atoms with Crippen LogP contribution in [0.4, 0.5) is 5.69 Å². The van der Waals surface area contributed by atoms with Crippen LogP contribution in [0.1, 0.15) is 17.5 Å². The smallest absolute Gasteiger partial charge is 0.228 e. The van der Waals surface area contributed by atoms with E-state index in [1.165, 1.54) is 0 Å². The first-order valence-electron chi connectivity index (χ1n) is 7.56. The van der Waals surface area contributed by atoms with Gasteiger partial charge < -0.3 is 14.8 Å². The first-order valence-corrected chi connectivity index (χ1v) is 7.94. The van der Waals surface area contributed by atoms with Crippen molar-refractivity contribution in [2.75, 3.05) is 18.5 Å². The standard InChI is InChI=1S/C18H18ClNO3/c1-12-4-2-5-14(8-12)20-17(21)11-13-9-15(19)18-16(10-13)22-6-3-7-23-18/h2,4-5,8-10H,3,6-7,11H2,1H3,(H,20,21).